The van der Waals surface area contributed by atoms with Crippen LogP contribution >= 0.6 is 11.3 Å². The molecule has 6 heteroatoms. The Balaban J connectivity index is 2.04. The molecule has 126 valence electrons. The smallest absolute Gasteiger partial charge is 0.268 e. The Morgan fingerprint density at radius 1 is 1.43 bits per heavy atom. The van der Waals surface area contributed by atoms with Crippen LogP contribution in [0.1, 0.15) is 42.2 Å². The molecule has 23 heavy (non-hydrogen) atoms. The number of carbonyl (C=O) groups is 1. The number of hydrogen-bond donors (Lipinski definition) is 2. The van der Waals surface area contributed by atoms with Crippen molar-refractivity contribution in [1.29, 1.82) is 0 Å². The molecular formula is C17H25N3O2S. The predicted molar refractivity (Wildman–Crippen MR) is 93.7 cm³/mol. The van der Waals surface area contributed by atoms with E-state index >= 15 is 0 Å². The number of aliphatic hydroxyl groups excluding tert-OH is 1. The molecule has 1 unspecified atom stereocenters. The molecule has 2 heterocycles. The maximum atomic E-state index is 12.4. The number of aromatic nitrogens is 2. The summed E-state index contributed by atoms with van der Waals surface area (Å²) in [5.41, 5.74) is 2.39. The number of aryl methyl sites for hydroxylation is 2. The summed E-state index contributed by atoms with van der Waals surface area (Å²) in [6.45, 7) is 6.35. The number of carbonyl (C=O) groups excluding carboxylic acids is 1. The van der Waals surface area contributed by atoms with Crippen molar-refractivity contribution >= 4 is 17.2 Å². The van der Waals surface area contributed by atoms with E-state index in [0.29, 0.717) is 5.69 Å². The molecule has 0 spiro atoms. The lowest BCUT2D eigenvalue weighted by Crippen LogP contribution is -2.36. The topological polar surface area (TPSA) is 67.2 Å². The number of rotatable bonds is 7. The zero-order chi connectivity index (χ0) is 17.0. The van der Waals surface area contributed by atoms with Gasteiger partial charge in [0.15, 0.2) is 0 Å². The Hall–Kier alpha value is -1.66. The molecule has 5 nitrogen and oxygen atoms in total. The van der Waals surface area contributed by atoms with E-state index in [1.54, 1.807) is 15.9 Å². The van der Waals surface area contributed by atoms with Gasteiger partial charge in [0.25, 0.3) is 5.91 Å². The summed E-state index contributed by atoms with van der Waals surface area (Å²) in [7, 11) is 1.84. The van der Waals surface area contributed by atoms with Gasteiger partial charge in [-0.25, -0.2) is 4.98 Å². The number of aliphatic hydroxyl groups is 1. The molecule has 0 aliphatic heterocycles. The molecule has 1 amide bonds. The van der Waals surface area contributed by atoms with Gasteiger partial charge in [0, 0.05) is 30.7 Å². The van der Waals surface area contributed by atoms with E-state index in [9.17, 15) is 9.90 Å². The van der Waals surface area contributed by atoms with Gasteiger partial charge >= 0.3 is 0 Å². The molecule has 0 bridgehead atoms. The Labute approximate surface area is 141 Å². The second kappa shape index (κ2) is 7.75. The maximum Gasteiger partial charge on any atom is 0.268 e. The molecular weight excluding hydrogens is 310 g/mol. The van der Waals surface area contributed by atoms with Gasteiger partial charge in [0.1, 0.15) is 5.69 Å². The van der Waals surface area contributed by atoms with Crippen molar-refractivity contribution in [1.82, 2.24) is 14.9 Å². The van der Waals surface area contributed by atoms with Crippen molar-refractivity contribution in [2.45, 2.75) is 39.7 Å². The second-order valence-corrected chi connectivity index (χ2v) is 6.89. The van der Waals surface area contributed by atoms with Gasteiger partial charge in [-0.1, -0.05) is 26.7 Å². The SMILES string of the molecule is CCC(CC)C(O)CNC(=O)c1cc(-c2csc(C)n2)cn1C. The van der Waals surface area contributed by atoms with Crippen LogP contribution in [0.3, 0.4) is 0 Å². The van der Waals surface area contributed by atoms with Gasteiger partial charge in [-0.05, 0) is 18.9 Å². The zero-order valence-corrected chi connectivity index (χ0v) is 15.0. The van der Waals surface area contributed by atoms with Gasteiger partial charge in [-0.15, -0.1) is 11.3 Å². The van der Waals surface area contributed by atoms with E-state index in [1.165, 1.54) is 0 Å². The monoisotopic (exact) mass is 335 g/mol. The molecule has 2 rings (SSSR count). The average molecular weight is 335 g/mol. The van der Waals surface area contributed by atoms with E-state index in [4.69, 9.17) is 0 Å². The molecule has 2 N–H and O–H groups in total. The summed E-state index contributed by atoms with van der Waals surface area (Å²) >= 11 is 1.59. The lowest BCUT2D eigenvalue weighted by molar-refractivity contribution is 0.0810. The molecule has 0 saturated carbocycles. The fraction of sp³-hybridized carbons (Fsp3) is 0.529. The van der Waals surface area contributed by atoms with Gasteiger partial charge in [-0.2, -0.15) is 0 Å². The van der Waals surface area contributed by atoms with Crippen LogP contribution in [0.25, 0.3) is 11.3 Å². The van der Waals surface area contributed by atoms with Crippen molar-refractivity contribution in [3.8, 4) is 11.3 Å². The lowest BCUT2D eigenvalue weighted by Gasteiger charge is -2.20. The third-order valence-electron chi connectivity index (χ3n) is 4.22. The fourth-order valence-corrected chi connectivity index (χ4v) is 3.34. The minimum absolute atomic E-state index is 0.171. The van der Waals surface area contributed by atoms with Crippen LogP contribution in [-0.2, 0) is 7.05 Å². The van der Waals surface area contributed by atoms with Crippen molar-refractivity contribution < 1.29 is 9.90 Å². The quantitative estimate of drug-likeness (QED) is 0.817. The Kier molecular flexibility index (Phi) is 5.96. The van der Waals surface area contributed by atoms with Crippen LogP contribution in [0, 0.1) is 12.8 Å². The number of nitrogens with one attached hydrogen (secondary N) is 1. The van der Waals surface area contributed by atoms with E-state index in [2.05, 4.69) is 24.1 Å². The summed E-state index contributed by atoms with van der Waals surface area (Å²) in [6, 6.07) is 1.84. The Morgan fingerprint density at radius 2 is 2.13 bits per heavy atom. The van der Waals surface area contributed by atoms with Crippen molar-refractivity contribution in [2.24, 2.45) is 13.0 Å². The Morgan fingerprint density at radius 3 is 2.70 bits per heavy atom. The number of hydrogen-bond acceptors (Lipinski definition) is 4. The van der Waals surface area contributed by atoms with Crippen LogP contribution in [-0.4, -0.2) is 33.2 Å². The van der Waals surface area contributed by atoms with Crippen LogP contribution < -0.4 is 5.32 Å². The molecule has 1 atom stereocenters. The molecule has 2 aromatic heterocycles. The van der Waals surface area contributed by atoms with Crippen molar-refractivity contribution in [2.75, 3.05) is 6.54 Å². The second-order valence-electron chi connectivity index (χ2n) is 5.83. The van der Waals surface area contributed by atoms with Gasteiger partial charge < -0.3 is 15.0 Å². The molecule has 0 radical (unpaired) electrons. The average Bonchev–Trinajstić information content (AvgIpc) is 3.12. The highest BCUT2D eigenvalue weighted by Crippen LogP contribution is 2.23. The first-order valence-corrected chi connectivity index (χ1v) is 8.89. The minimum atomic E-state index is -0.505. The minimum Gasteiger partial charge on any atom is -0.391 e. The van der Waals surface area contributed by atoms with E-state index in [1.807, 2.05) is 31.6 Å². The van der Waals surface area contributed by atoms with Crippen LogP contribution in [0.4, 0.5) is 0 Å². The summed E-state index contributed by atoms with van der Waals surface area (Å²) in [4.78, 5) is 16.8. The predicted octanol–water partition coefficient (Wildman–Crippen LogP) is 2.98. The molecule has 0 aliphatic carbocycles. The third kappa shape index (κ3) is 4.20. The van der Waals surface area contributed by atoms with E-state index in [-0.39, 0.29) is 18.4 Å². The highest BCUT2D eigenvalue weighted by Gasteiger charge is 2.18. The first-order valence-electron chi connectivity index (χ1n) is 8.01. The number of amides is 1. The van der Waals surface area contributed by atoms with Crippen LogP contribution in [0.15, 0.2) is 17.6 Å². The van der Waals surface area contributed by atoms with Crippen molar-refractivity contribution in [3.05, 3.63) is 28.3 Å². The van der Waals surface area contributed by atoms with Gasteiger partial charge in [0.2, 0.25) is 0 Å². The molecule has 2 aromatic rings. The lowest BCUT2D eigenvalue weighted by atomic mass is 9.96. The number of thiazole rings is 1. The van der Waals surface area contributed by atoms with Gasteiger partial charge in [0.05, 0.1) is 16.8 Å². The maximum absolute atomic E-state index is 12.4. The summed E-state index contributed by atoms with van der Waals surface area (Å²) < 4.78 is 1.79. The largest absolute Gasteiger partial charge is 0.391 e. The van der Waals surface area contributed by atoms with Crippen LogP contribution in [0.5, 0.6) is 0 Å². The molecule has 0 saturated heterocycles. The zero-order valence-electron chi connectivity index (χ0n) is 14.2. The third-order valence-corrected chi connectivity index (χ3v) is 4.99. The van der Waals surface area contributed by atoms with Crippen molar-refractivity contribution in [3.63, 3.8) is 0 Å². The summed E-state index contributed by atoms with van der Waals surface area (Å²) in [5.74, 6) is 0.0490. The highest BCUT2D eigenvalue weighted by atomic mass is 32.1. The summed E-state index contributed by atoms with van der Waals surface area (Å²) in [6.07, 6.45) is 3.21. The Bertz CT molecular complexity index is 659. The highest BCUT2D eigenvalue weighted by molar-refractivity contribution is 7.09. The molecule has 0 aliphatic rings. The molecule has 0 fully saturated rings. The first kappa shape index (κ1) is 17.7. The fourth-order valence-electron chi connectivity index (χ4n) is 2.71. The molecule has 0 aromatic carbocycles. The standard InChI is InChI=1S/C17H25N3O2S/c1-5-12(6-2)16(21)8-18-17(22)15-7-13(9-20(15)4)14-10-23-11(3)19-14/h7,9-10,12,16,21H,5-6,8H2,1-4H3,(H,18,22). The van der Waals surface area contributed by atoms with Crippen LogP contribution in [0.2, 0.25) is 0 Å². The normalized spacial score (nSPS) is 12.6. The first-order chi connectivity index (χ1) is 11.0. The summed E-state index contributed by atoms with van der Waals surface area (Å²) in [5, 5.41) is 16.0. The van der Waals surface area contributed by atoms with E-state index < -0.39 is 6.10 Å². The van der Waals surface area contributed by atoms with E-state index in [0.717, 1.165) is 29.1 Å². The number of nitrogens with zero attached hydrogens (tertiary/aromatic N) is 2. The van der Waals surface area contributed by atoms with Gasteiger partial charge in [-0.3, -0.25) is 4.79 Å².